The third-order valence-corrected chi connectivity index (χ3v) is 6.08. The van der Waals surface area contributed by atoms with Gasteiger partial charge in [-0.25, -0.2) is 9.97 Å². The highest BCUT2D eigenvalue weighted by molar-refractivity contribution is 5.94. The summed E-state index contributed by atoms with van der Waals surface area (Å²) in [5, 5.41) is 2.56. The monoisotopic (exact) mass is 399 g/mol. The molecular formula is C24H25N5O. The van der Waals surface area contributed by atoms with E-state index in [1.807, 2.05) is 6.20 Å². The normalized spacial score (nSPS) is 16.9. The van der Waals surface area contributed by atoms with Crippen molar-refractivity contribution in [2.24, 2.45) is 0 Å². The van der Waals surface area contributed by atoms with E-state index in [4.69, 9.17) is 0 Å². The summed E-state index contributed by atoms with van der Waals surface area (Å²) in [5.41, 5.74) is 3.68. The Balaban J connectivity index is 1.37. The van der Waals surface area contributed by atoms with Crippen molar-refractivity contribution < 1.29 is 4.79 Å². The van der Waals surface area contributed by atoms with Crippen LogP contribution in [0.1, 0.15) is 11.3 Å². The van der Waals surface area contributed by atoms with Crippen molar-refractivity contribution in [3.05, 3.63) is 72.3 Å². The maximum Gasteiger partial charge on any atom is 0.144 e. The van der Waals surface area contributed by atoms with Crippen LogP contribution < -0.4 is 9.80 Å². The summed E-state index contributed by atoms with van der Waals surface area (Å²) in [6.45, 7) is 5.36. The van der Waals surface area contributed by atoms with Crippen molar-refractivity contribution in [2.45, 2.75) is 13.0 Å². The molecule has 30 heavy (non-hydrogen) atoms. The first-order valence-electron chi connectivity index (χ1n) is 10.5. The number of fused-ring (bicyclic) bond motifs is 2. The number of rotatable bonds is 4. The van der Waals surface area contributed by atoms with Crippen molar-refractivity contribution in [1.29, 1.82) is 0 Å². The number of carbonyl (C=O) groups excluding carboxylic acids is 1. The molecule has 0 radical (unpaired) electrons. The summed E-state index contributed by atoms with van der Waals surface area (Å²) >= 11 is 0. The molecule has 0 amide bonds. The van der Waals surface area contributed by atoms with Crippen molar-refractivity contribution in [3.63, 3.8) is 0 Å². The highest BCUT2D eigenvalue weighted by Gasteiger charge is 2.26. The third kappa shape index (κ3) is 3.49. The number of aldehydes is 1. The minimum Gasteiger partial charge on any atom is -0.374 e. The Labute approximate surface area is 176 Å². The van der Waals surface area contributed by atoms with Gasteiger partial charge in [0.2, 0.25) is 0 Å². The van der Waals surface area contributed by atoms with Gasteiger partial charge in [0.15, 0.2) is 0 Å². The summed E-state index contributed by atoms with van der Waals surface area (Å²) < 4.78 is 0. The van der Waals surface area contributed by atoms with Gasteiger partial charge >= 0.3 is 0 Å². The van der Waals surface area contributed by atoms with Crippen LogP contribution in [0, 0.1) is 0 Å². The van der Waals surface area contributed by atoms with Gasteiger partial charge in [0.25, 0.3) is 0 Å². The lowest BCUT2D eigenvalue weighted by Crippen LogP contribution is -2.45. The second-order valence-corrected chi connectivity index (χ2v) is 7.79. The summed E-state index contributed by atoms with van der Waals surface area (Å²) in [7, 11) is 0. The van der Waals surface area contributed by atoms with E-state index in [0.29, 0.717) is 0 Å². The maximum atomic E-state index is 10.6. The molecule has 0 unspecified atom stereocenters. The summed E-state index contributed by atoms with van der Waals surface area (Å²) in [6.07, 6.45) is 6.92. The zero-order chi connectivity index (χ0) is 20.3. The molecule has 0 spiro atoms. The maximum absolute atomic E-state index is 10.6. The van der Waals surface area contributed by atoms with Crippen LogP contribution in [0.4, 0.5) is 11.5 Å². The van der Waals surface area contributed by atoms with E-state index in [1.165, 1.54) is 22.0 Å². The molecule has 1 fully saturated rings. The van der Waals surface area contributed by atoms with Crippen LogP contribution in [0.25, 0.3) is 10.8 Å². The standard InChI is InChI=1S/C24H25N5O/c30-16-4-10-27-12-14-28(15-13-27)24-21-9-11-29(17-22(21)25-18-26-24)23-8-3-6-19-5-1-2-7-20(19)23/h1-8,10,16,18H,9,11-15,17H2. The molecule has 1 aromatic heterocycles. The molecule has 0 atom stereocenters. The van der Waals surface area contributed by atoms with Gasteiger partial charge in [-0.15, -0.1) is 0 Å². The molecule has 0 aliphatic carbocycles. The smallest absolute Gasteiger partial charge is 0.144 e. The van der Waals surface area contributed by atoms with E-state index >= 15 is 0 Å². The Hall–Kier alpha value is -3.41. The van der Waals surface area contributed by atoms with Crippen molar-refractivity contribution in [3.8, 4) is 0 Å². The fourth-order valence-electron chi connectivity index (χ4n) is 4.54. The topological polar surface area (TPSA) is 52.6 Å². The minimum absolute atomic E-state index is 0.806. The molecule has 2 aliphatic heterocycles. The number of hydrogen-bond acceptors (Lipinski definition) is 6. The number of benzene rings is 2. The second kappa shape index (κ2) is 8.14. The minimum atomic E-state index is 0.806. The first-order valence-corrected chi connectivity index (χ1v) is 10.5. The van der Waals surface area contributed by atoms with E-state index in [1.54, 1.807) is 12.4 Å². The van der Waals surface area contributed by atoms with E-state index < -0.39 is 0 Å². The number of allylic oxidation sites excluding steroid dienone is 1. The molecule has 3 heterocycles. The van der Waals surface area contributed by atoms with Gasteiger partial charge in [0, 0.05) is 55.6 Å². The largest absolute Gasteiger partial charge is 0.374 e. The molecule has 3 aromatic rings. The highest BCUT2D eigenvalue weighted by Crippen LogP contribution is 2.32. The molecule has 5 rings (SSSR count). The number of anilines is 2. The first kappa shape index (κ1) is 18.6. The average molecular weight is 399 g/mol. The molecule has 2 aromatic carbocycles. The fourth-order valence-corrected chi connectivity index (χ4v) is 4.54. The lowest BCUT2D eigenvalue weighted by molar-refractivity contribution is -0.104. The van der Waals surface area contributed by atoms with Gasteiger partial charge < -0.3 is 14.7 Å². The molecule has 0 bridgehead atoms. The summed E-state index contributed by atoms with van der Waals surface area (Å²) in [6, 6.07) is 15.1. The molecule has 0 N–H and O–H groups in total. The van der Waals surface area contributed by atoms with Crippen LogP contribution in [0.5, 0.6) is 0 Å². The van der Waals surface area contributed by atoms with Crippen molar-refractivity contribution in [1.82, 2.24) is 14.9 Å². The first-order chi connectivity index (χ1) is 14.8. The molecule has 2 aliphatic rings. The van der Waals surface area contributed by atoms with Gasteiger partial charge in [0.1, 0.15) is 18.4 Å². The number of hydrogen-bond donors (Lipinski definition) is 0. The van der Waals surface area contributed by atoms with Crippen LogP contribution in [-0.4, -0.2) is 53.9 Å². The summed E-state index contributed by atoms with van der Waals surface area (Å²) in [4.78, 5) is 26.8. The Bertz CT molecular complexity index is 1080. The SMILES string of the molecule is O=CC=CN1CCN(c2ncnc3c2CCN(c2cccc4ccccc24)C3)CC1. The lowest BCUT2D eigenvalue weighted by Gasteiger charge is -2.37. The van der Waals surface area contributed by atoms with Crippen LogP contribution in [0.15, 0.2) is 61.1 Å². The van der Waals surface area contributed by atoms with Gasteiger partial charge in [-0.2, -0.15) is 0 Å². The highest BCUT2D eigenvalue weighted by atomic mass is 16.1. The number of nitrogens with zero attached hydrogens (tertiary/aromatic N) is 5. The zero-order valence-corrected chi connectivity index (χ0v) is 16.9. The molecule has 0 saturated carbocycles. The van der Waals surface area contributed by atoms with Gasteiger partial charge in [-0.05, 0) is 23.9 Å². The molecule has 1 saturated heterocycles. The molecule has 6 nitrogen and oxygen atoms in total. The molecular weight excluding hydrogens is 374 g/mol. The predicted molar refractivity (Wildman–Crippen MR) is 120 cm³/mol. The third-order valence-electron chi connectivity index (χ3n) is 6.08. The van der Waals surface area contributed by atoms with Crippen molar-refractivity contribution >= 4 is 28.6 Å². The fraction of sp³-hybridized carbons (Fsp3) is 0.292. The molecule has 6 heteroatoms. The van der Waals surface area contributed by atoms with Crippen molar-refractivity contribution in [2.75, 3.05) is 42.5 Å². The Morgan fingerprint density at radius 3 is 2.57 bits per heavy atom. The Kier molecular flexibility index (Phi) is 5.05. The zero-order valence-electron chi connectivity index (χ0n) is 16.9. The van der Waals surface area contributed by atoms with Crippen LogP contribution >= 0.6 is 0 Å². The number of piperazine rings is 1. The van der Waals surface area contributed by atoms with Gasteiger partial charge in [-0.1, -0.05) is 36.4 Å². The van der Waals surface area contributed by atoms with E-state index in [-0.39, 0.29) is 0 Å². The molecule has 152 valence electrons. The van der Waals surface area contributed by atoms with Crippen LogP contribution in [0.2, 0.25) is 0 Å². The van der Waals surface area contributed by atoms with E-state index in [2.05, 4.69) is 67.1 Å². The van der Waals surface area contributed by atoms with Crippen LogP contribution in [0.3, 0.4) is 0 Å². The lowest BCUT2D eigenvalue weighted by atomic mass is 10.0. The number of aromatic nitrogens is 2. The van der Waals surface area contributed by atoms with Gasteiger partial charge in [-0.3, -0.25) is 4.79 Å². The van der Waals surface area contributed by atoms with E-state index in [0.717, 1.165) is 63.5 Å². The summed E-state index contributed by atoms with van der Waals surface area (Å²) in [5.74, 6) is 1.08. The quantitative estimate of drug-likeness (QED) is 0.497. The predicted octanol–water partition coefficient (Wildman–Crippen LogP) is 3.03. The van der Waals surface area contributed by atoms with Crippen LogP contribution in [-0.2, 0) is 17.8 Å². The average Bonchev–Trinajstić information content (AvgIpc) is 2.82. The number of carbonyl (C=O) groups is 1. The van der Waals surface area contributed by atoms with Gasteiger partial charge in [0.05, 0.1) is 12.2 Å². The second-order valence-electron chi connectivity index (χ2n) is 7.79. The Morgan fingerprint density at radius 1 is 0.867 bits per heavy atom. The Morgan fingerprint density at radius 2 is 1.70 bits per heavy atom. The van der Waals surface area contributed by atoms with E-state index in [9.17, 15) is 4.79 Å².